The minimum absolute atomic E-state index is 0. The zero-order chi connectivity index (χ0) is 9.40. The van der Waals surface area contributed by atoms with E-state index in [1.54, 1.807) is 0 Å². The third kappa shape index (κ3) is 7.47. The molecule has 0 aliphatic carbocycles. The zero-order valence-corrected chi connectivity index (χ0v) is 10.9. The van der Waals surface area contributed by atoms with Gasteiger partial charge in [-0.25, -0.2) is 0 Å². The van der Waals surface area contributed by atoms with Gasteiger partial charge in [0.15, 0.2) is 0 Å². The van der Waals surface area contributed by atoms with Gasteiger partial charge >= 0.3 is 0 Å². The maximum atomic E-state index is 5.27. The van der Waals surface area contributed by atoms with Gasteiger partial charge < -0.3 is 16.3 Å². The number of ether oxygens (including phenoxy) is 1. The van der Waals surface area contributed by atoms with Crippen LogP contribution in [0, 0.1) is 6.38 Å². The summed E-state index contributed by atoms with van der Waals surface area (Å²) in [6.07, 6.45) is 2.72. The molecule has 0 amide bonds. The fourth-order valence-corrected chi connectivity index (χ4v) is 1.05. The molecule has 0 aromatic heterocycles. The van der Waals surface area contributed by atoms with Crippen molar-refractivity contribution in [1.29, 1.82) is 0 Å². The van der Waals surface area contributed by atoms with Crippen LogP contribution in [0.5, 0.6) is 5.75 Å². The summed E-state index contributed by atoms with van der Waals surface area (Å²) in [7, 11) is 2.63. The SMILES string of the molecule is CCOc1cccc(P)c1.[CH2-]Cl.[Pd]. The van der Waals surface area contributed by atoms with Crippen LogP contribution in [0.25, 0.3) is 0 Å². The van der Waals surface area contributed by atoms with Crippen molar-refractivity contribution in [1.82, 2.24) is 0 Å². The Balaban J connectivity index is 0. The maximum Gasteiger partial charge on any atom is 0.119 e. The Morgan fingerprint density at radius 1 is 1.46 bits per heavy atom. The first-order valence-corrected chi connectivity index (χ1v) is 4.69. The predicted octanol–water partition coefficient (Wildman–Crippen LogP) is 2.60. The number of hydrogen-bond acceptors (Lipinski definition) is 1. The third-order valence-electron chi connectivity index (χ3n) is 1.17. The molecule has 1 aromatic carbocycles. The summed E-state index contributed by atoms with van der Waals surface area (Å²) in [6, 6.07) is 7.95. The van der Waals surface area contributed by atoms with Gasteiger partial charge in [0.05, 0.1) is 6.61 Å². The van der Waals surface area contributed by atoms with Gasteiger partial charge in [0.25, 0.3) is 0 Å². The molecule has 0 heterocycles. The van der Waals surface area contributed by atoms with Crippen LogP contribution >= 0.6 is 20.8 Å². The Morgan fingerprint density at radius 2 is 2.08 bits per heavy atom. The van der Waals surface area contributed by atoms with Gasteiger partial charge in [-0.3, -0.25) is 6.38 Å². The Labute approximate surface area is 101 Å². The van der Waals surface area contributed by atoms with E-state index >= 15 is 0 Å². The van der Waals surface area contributed by atoms with Crippen LogP contribution in [0.2, 0.25) is 0 Å². The van der Waals surface area contributed by atoms with Gasteiger partial charge in [-0.15, -0.1) is 9.24 Å². The van der Waals surface area contributed by atoms with E-state index in [1.165, 1.54) is 0 Å². The zero-order valence-electron chi connectivity index (χ0n) is 7.40. The fraction of sp³-hybridized carbons (Fsp3) is 0.222. The topological polar surface area (TPSA) is 9.23 Å². The van der Waals surface area contributed by atoms with Crippen molar-refractivity contribution in [2.45, 2.75) is 6.92 Å². The largest absolute Gasteiger partial charge is 0.494 e. The second kappa shape index (κ2) is 10.5. The average molecular weight is 310 g/mol. The van der Waals surface area contributed by atoms with Crippen LogP contribution in [0.15, 0.2) is 24.3 Å². The molecule has 0 aliphatic rings. The van der Waals surface area contributed by atoms with E-state index in [9.17, 15) is 0 Å². The second-order valence-corrected chi connectivity index (χ2v) is 2.67. The van der Waals surface area contributed by atoms with E-state index in [4.69, 9.17) is 4.74 Å². The van der Waals surface area contributed by atoms with Crippen LogP contribution in [-0.2, 0) is 20.4 Å². The summed E-state index contributed by atoms with van der Waals surface area (Å²) < 4.78 is 5.27. The van der Waals surface area contributed by atoms with E-state index in [1.807, 2.05) is 31.2 Å². The molecule has 0 radical (unpaired) electrons. The van der Waals surface area contributed by atoms with Crippen LogP contribution in [0.3, 0.4) is 0 Å². The maximum absolute atomic E-state index is 5.27. The minimum Gasteiger partial charge on any atom is -0.494 e. The predicted molar refractivity (Wildman–Crippen MR) is 58.2 cm³/mol. The van der Waals surface area contributed by atoms with Gasteiger partial charge in [0, 0.05) is 20.4 Å². The average Bonchev–Trinajstić information content (AvgIpc) is 2.09. The summed E-state index contributed by atoms with van der Waals surface area (Å²) >= 11 is 4.39. The molecule has 1 rings (SSSR count). The quantitative estimate of drug-likeness (QED) is 0.463. The van der Waals surface area contributed by atoms with E-state index in [-0.39, 0.29) is 20.4 Å². The molecule has 0 N–H and O–H groups in total. The van der Waals surface area contributed by atoms with Crippen molar-refractivity contribution in [3.63, 3.8) is 0 Å². The minimum atomic E-state index is 0. The molecular weight excluding hydrogens is 297 g/mol. The van der Waals surface area contributed by atoms with E-state index in [0.717, 1.165) is 17.7 Å². The summed E-state index contributed by atoms with van der Waals surface area (Å²) in [4.78, 5) is 0. The van der Waals surface area contributed by atoms with Crippen molar-refractivity contribution in [2.24, 2.45) is 0 Å². The van der Waals surface area contributed by atoms with Gasteiger partial charge in [0.2, 0.25) is 0 Å². The Morgan fingerprint density at radius 3 is 2.54 bits per heavy atom. The molecule has 4 heteroatoms. The smallest absolute Gasteiger partial charge is 0.119 e. The van der Waals surface area contributed by atoms with E-state index < -0.39 is 0 Å². The van der Waals surface area contributed by atoms with Crippen LogP contribution in [0.1, 0.15) is 6.92 Å². The van der Waals surface area contributed by atoms with Gasteiger partial charge in [-0.1, -0.05) is 12.1 Å². The Bertz CT molecular complexity index is 221. The molecule has 0 saturated heterocycles. The standard InChI is InChI=1S/C8H11OP.CH2Cl.Pd/c1-2-9-7-4-3-5-8(10)6-7;1-2;/h3-6H,2,10H2,1H3;1H2;/q;-1;. The molecule has 1 aromatic rings. The first kappa shape index (κ1) is 15.9. The van der Waals surface area contributed by atoms with E-state index in [2.05, 4.69) is 27.2 Å². The van der Waals surface area contributed by atoms with E-state index in [0.29, 0.717) is 0 Å². The van der Waals surface area contributed by atoms with Crippen molar-refractivity contribution in [3.05, 3.63) is 30.6 Å². The fourth-order valence-electron chi connectivity index (χ4n) is 0.771. The van der Waals surface area contributed by atoms with Crippen LogP contribution in [0.4, 0.5) is 0 Å². The van der Waals surface area contributed by atoms with Gasteiger partial charge in [-0.2, -0.15) is 0 Å². The number of benzene rings is 1. The Hall–Kier alpha value is 0.402. The molecular formula is C9H13ClOPPd-. The molecule has 0 bridgehead atoms. The summed E-state index contributed by atoms with van der Waals surface area (Å²) in [5.74, 6) is 0.940. The summed E-state index contributed by atoms with van der Waals surface area (Å²) in [6.45, 7) is 2.71. The Kier molecular flexibility index (Phi) is 12.8. The van der Waals surface area contributed by atoms with Crippen LogP contribution in [-0.4, -0.2) is 6.61 Å². The van der Waals surface area contributed by atoms with Crippen molar-refractivity contribution in [3.8, 4) is 5.75 Å². The van der Waals surface area contributed by atoms with Crippen molar-refractivity contribution in [2.75, 3.05) is 6.61 Å². The molecule has 0 saturated carbocycles. The van der Waals surface area contributed by atoms with Gasteiger partial charge in [0.1, 0.15) is 5.75 Å². The molecule has 0 aliphatic heterocycles. The third-order valence-corrected chi connectivity index (χ3v) is 1.53. The monoisotopic (exact) mass is 309 g/mol. The van der Waals surface area contributed by atoms with Crippen molar-refractivity contribution < 1.29 is 25.2 Å². The first-order chi connectivity index (χ1) is 5.83. The molecule has 0 spiro atoms. The first-order valence-electron chi connectivity index (χ1n) is 3.58. The number of hydrogen-bond donors (Lipinski definition) is 0. The van der Waals surface area contributed by atoms with Crippen molar-refractivity contribution >= 4 is 26.1 Å². The van der Waals surface area contributed by atoms with Gasteiger partial charge in [-0.05, 0) is 24.4 Å². The number of halogens is 1. The summed E-state index contributed by atoms with van der Waals surface area (Å²) in [5, 5.41) is 1.16. The molecule has 1 unspecified atom stereocenters. The summed E-state index contributed by atoms with van der Waals surface area (Å²) in [5.41, 5.74) is 0. The molecule has 13 heavy (non-hydrogen) atoms. The molecule has 1 nitrogen and oxygen atoms in total. The number of rotatable bonds is 2. The van der Waals surface area contributed by atoms with Crippen LogP contribution < -0.4 is 10.0 Å². The molecule has 1 atom stereocenters. The molecule has 0 fully saturated rings. The normalized spacial score (nSPS) is 7.69. The molecule has 78 valence electrons. The second-order valence-electron chi connectivity index (χ2n) is 2.01.